The number of nitrogens with zero attached hydrogens (tertiary/aromatic N) is 1. The lowest BCUT2D eigenvalue weighted by Gasteiger charge is -2.33. The van der Waals surface area contributed by atoms with Gasteiger partial charge in [0.05, 0.1) is 17.1 Å². The maximum absolute atomic E-state index is 2.57. The van der Waals surface area contributed by atoms with Gasteiger partial charge in [-0.15, -0.1) is 0 Å². The van der Waals surface area contributed by atoms with E-state index in [9.17, 15) is 0 Å². The first-order valence-electron chi connectivity index (χ1n) is 22.8. The van der Waals surface area contributed by atoms with Crippen LogP contribution in [0.5, 0.6) is 0 Å². The lowest BCUT2D eigenvalue weighted by molar-refractivity contribution is 0.569. The van der Waals surface area contributed by atoms with E-state index in [1.165, 1.54) is 89.0 Å². The summed E-state index contributed by atoms with van der Waals surface area (Å²) < 4.78 is 0. The zero-order valence-electron chi connectivity index (χ0n) is 38.7. The van der Waals surface area contributed by atoms with Crippen molar-refractivity contribution in [2.45, 2.75) is 90.9 Å². The van der Waals surface area contributed by atoms with E-state index in [1.54, 1.807) is 0 Å². The first kappa shape index (κ1) is 40.6. The molecular formula is C62H59N. The van der Waals surface area contributed by atoms with Gasteiger partial charge in [-0.1, -0.05) is 221 Å². The zero-order valence-corrected chi connectivity index (χ0v) is 38.7. The predicted octanol–water partition coefficient (Wildman–Crippen LogP) is 17.4. The van der Waals surface area contributed by atoms with Crippen LogP contribution in [0.25, 0.3) is 55.6 Å². The largest absolute Gasteiger partial charge is 0.309 e. The highest BCUT2D eigenvalue weighted by Crippen LogP contribution is 2.56. The summed E-state index contributed by atoms with van der Waals surface area (Å²) in [6.07, 6.45) is 0. The van der Waals surface area contributed by atoms with Crippen molar-refractivity contribution in [2.75, 3.05) is 4.90 Å². The third kappa shape index (κ3) is 6.59. The molecule has 0 aliphatic heterocycles. The third-order valence-electron chi connectivity index (χ3n) is 14.2. The zero-order chi connectivity index (χ0) is 44.1. The van der Waals surface area contributed by atoms with Crippen molar-refractivity contribution in [1.29, 1.82) is 0 Å². The lowest BCUT2D eigenvalue weighted by Crippen LogP contribution is -2.18. The topological polar surface area (TPSA) is 3.24 Å². The molecule has 8 aromatic carbocycles. The Hall–Kier alpha value is -6.44. The van der Waals surface area contributed by atoms with Gasteiger partial charge in [-0.3, -0.25) is 0 Å². The Morgan fingerprint density at radius 1 is 0.317 bits per heavy atom. The molecule has 1 heteroatoms. The van der Waals surface area contributed by atoms with Crippen molar-refractivity contribution in [1.82, 2.24) is 0 Å². The van der Waals surface area contributed by atoms with Crippen LogP contribution in [0.15, 0.2) is 176 Å². The van der Waals surface area contributed by atoms with Gasteiger partial charge in [-0.05, 0) is 107 Å². The Kier molecular flexibility index (Phi) is 9.39. The normalized spacial score (nSPS) is 14.4. The van der Waals surface area contributed by atoms with Crippen molar-refractivity contribution in [3.8, 4) is 55.6 Å². The van der Waals surface area contributed by atoms with Crippen LogP contribution in [-0.2, 0) is 21.7 Å². The smallest absolute Gasteiger partial charge is 0.0540 e. The number of benzene rings is 8. The predicted molar refractivity (Wildman–Crippen MR) is 270 cm³/mol. The third-order valence-corrected chi connectivity index (χ3v) is 14.2. The van der Waals surface area contributed by atoms with Crippen molar-refractivity contribution in [3.63, 3.8) is 0 Å². The minimum absolute atomic E-state index is 0.0249. The highest BCUT2D eigenvalue weighted by atomic mass is 15.1. The Morgan fingerprint density at radius 2 is 0.714 bits per heavy atom. The fourth-order valence-corrected chi connectivity index (χ4v) is 10.7. The summed E-state index contributed by atoms with van der Waals surface area (Å²) in [5, 5.41) is 0. The van der Waals surface area contributed by atoms with Gasteiger partial charge in [-0.25, -0.2) is 0 Å². The molecular weight excluding hydrogens is 759 g/mol. The van der Waals surface area contributed by atoms with Crippen molar-refractivity contribution < 1.29 is 0 Å². The maximum atomic E-state index is 2.57. The van der Waals surface area contributed by atoms with Gasteiger partial charge in [0.15, 0.2) is 0 Å². The molecule has 312 valence electrons. The van der Waals surface area contributed by atoms with Crippen LogP contribution >= 0.6 is 0 Å². The average Bonchev–Trinajstić information content (AvgIpc) is 3.66. The van der Waals surface area contributed by atoms with E-state index in [-0.39, 0.29) is 21.7 Å². The van der Waals surface area contributed by atoms with Gasteiger partial charge in [0.25, 0.3) is 0 Å². The molecule has 8 aromatic rings. The molecule has 0 unspecified atom stereocenters. The van der Waals surface area contributed by atoms with Crippen molar-refractivity contribution in [2.24, 2.45) is 0 Å². The number of rotatable bonds is 6. The van der Waals surface area contributed by atoms with Gasteiger partial charge in [-0.2, -0.15) is 0 Å². The van der Waals surface area contributed by atoms with Gasteiger partial charge in [0.1, 0.15) is 0 Å². The van der Waals surface area contributed by atoms with Crippen LogP contribution in [0.2, 0.25) is 0 Å². The second-order valence-electron chi connectivity index (χ2n) is 21.0. The van der Waals surface area contributed by atoms with Gasteiger partial charge >= 0.3 is 0 Å². The molecule has 0 bridgehead atoms. The van der Waals surface area contributed by atoms with Crippen LogP contribution in [0.4, 0.5) is 17.1 Å². The molecule has 63 heavy (non-hydrogen) atoms. The summed E-state index contributed by atoms with van der Waals surface area (Å²) in [4.78, 5) is 2.57. The number of fused-ring (bicyclic) bond motifs is 6. The standard InChI is InChI=1S/C62H59N/c1-59(2,3)42-36-41(37-43(39-42)60(4,5)6)45-23-14-19-32-56(45)63(55-31-18-13-22-44(55)40-34-35-48-46-24-11-16-29-52(46)61(7,8)54(48)38-40)57-33-20-15-26-49(57)51-28-21-27-50-47-25-12-17-30-53(47)62(9,10)58(50)51/h11-39H,1-10H3. The number of para-hydroxylation sites is 3. The number of hydrogen-bond donors (Lipinski definition) is 0. The molecule has 1 nitrogen and oxygen atoms in total. The van der Waals surface area contributed by atoms with E-state index >= 15 is 0 Å². The summed E-state index contributed by atoms with van der Waals surface area (Å²) in [5.41, 5.74) is 24.0. The van der Waals surface area contributed by atoms with Gasteiger partial charge in [0.2, 0.25) is 0 Å². The monoisotopic (exact) mass is 817 g/mol. The van der Waals surface area contributed by atoms with E-state index in [0.29, 0.717) is 0 Å². The molecule has 0 heterocycles. The fraction of sp³-hybridized carbons (Fsp3) is 0.226. The summed E-state index contributed by atoms with van der Waals surface area (Å²) in [7, 11) is 0. The van der Waals surface area contributed by atoms with E-state index in [2.05, 4.69) is 250 Å². The van der Waals surface area contributed by atoms with Crippen molar-refractivity contribution in [3.05, 3.63) is 209 Å². The number of hydrogen-bond acceptors (Lipinski definition) is 1. The maximum Gasteiger partial charge on any atom is 0.0540 e. The van der Waals surface area contributed by atoms with E-state index < -0.39 is 0 Å². The molecule has 0 amide bonds. The summed E-state index contributed by atoms with van der Waals surface area (Å²) in [6, 6.07) is 66.6. The Balaban J connectivity index is 1.25. The van der Waals surface area contributed by atoms with Crippen LogP contribution in [0.1, 0.15) is 103 Å². The van der Waals surface area contributed by atoms with Gasteiger partial charge in [0, 0.05) is 27.5 Å². The van der Waals surface area contributed by atoms with E-state index in [4.69, 9.17) is 0 Å². The van der Waals surface area contributed by atoms with Gasteiger partial charge < -0.3 is 4.90 Å². The van der Waals surface area contributed by atoms with Crippen LogP contribution in [0, 0.1) is 0 Å². The first-order valence-corrected chi connectivity index (χ1v) is 22.8. The highest BCUT2D eigenvalue weighted by Gasteiger charge is 2.39. The Morgan fingerprint density at radius 3 is 1.27 bits per heavy atom. The van der Waals surface area contributed by atoms with Crippen LogP contribution in [0.3, 0.4) is 0 Å². The molecule has 0 atom stereocenters. The summed E-state index contributed by atoms with van der Waals surface area (Å²) in [6.45, 7) is 23.5. The molecule has 2 aliphatic rings. The van der Waals surface area contributed by atoms with E-state index in [1.807, 2.05) is 0 Å². The van der Waals surface area contributed by atoms with Crippen LogP contribution in [-0.4, -0.2) is 0 Å². The Bertz CT molecular complexity index is 3050. The molecule has 0 saturated carbocycles. The minimum Gasteiger partial charge on any atom is -0.309 e. The number of anilines is 3. The molecule has 0 radical (unpaired) electrons. The summed E-state index contributed by atoms with van der Waals surface area (Å²) >= 11 is 0. The lowest BCUT2D eigenvalue weighted by atomic mass is 9.78. The molecule has 2 aliphatic carbocycles. The molecule has 0 saturated heterocycles. The summed E-state index contributed by atoms with van der Waals surface area (Å²) in [5.74, 6) is 0. The SMILES string of the molecule is CC(C)(C)c1cc(-c2ccccc2N(c2ccccc2-c2ccc3c(c2)C(C)(C)c2ccccc2-3)c2ccccc2-c2cccc3c2C(C)(C)c2ccccc2-3)cc(C(C)(C)C)c1. The van der Waals surface area contributed by atoms with Crippen LogP contribution < -0.4 is 4.90 Å². The molecule has 0 spiro atoms. The Labute approximate surface area is 376 Å². The average molecular weight is 818 g/mol. The molecule has 10 rings (SSSR count). The second-order valence-corrected chi connectivity index (χ2v) is 21.0. The second kappa shape index (κ2) is 14.6. The molecule has 0 N–H and O–H groups in total. The quantitative estimate of drug-likeness (QED) is 0.162. The fourth-order valence-electron chi connectivity index (χ4n) is 10.7. The molecule has 0 fully saturated rings. The first-order chi connectivity index (χ1) is 30.0. The minimum atomic E-state index is -0.179. The van der Waals surface area contributed by atoms with E-state index in [0.717, 1.165) is 17.1 Å². The molecule has 0 aromatic heterocycles. The highest BCUT2D eigenvalue weighted by molar-refractivity contribution is 6.00. The van der Waals surface area contributed by atoms with Crippen molar-refractivity contribution >= 4 is 17.1 Å².